The molecule has 0 radical (unpaired) electrons. The summed E-state index contributed by atoms with van der Waals surface area (Å²) >= 11 is 0. The lowest BCUT2D eigenvalue weighted by Crippen LogP contribution is -2.32. The number of para-hydroxylation sites is 1. The first-order valence-electron chi connectivity index (χ1n) is 7.57. The first kappa shape index (κ1) is 14.3. The molecule has 0 aliphatic heterocycles. The first-order chi connectivity index (χ1) is 9.91. The largest absolute Gasteiger partial charge is 0.294 e. The molecule has 2 saturated carbocycles. The summed E-state index contributed by atoms with van der Waals surface area (Å²) in [5, 5.41) is 1.70. The van der Waals surface area contributed by atoms with E-state index < -0.39 is 0 Å². The average molecular weight is 285 g/mol. The molecule has 3 nitrogen and oxygen atoms in total. The van der Waals surface area contributed by atoms with Crippen LogP contribution in [0.5, 0.6) is 0 Å². The van der Waals surface area contributed by atoms with Gasteiger partial charge in [0.05, 0.1) is 12.8 Å². The van der Waals surface area contributed by atoms with Crippen LogP contribution in [0, 0.1) is 16.7 Å². The van der Waals surface area contributed by atoms with Crippen LogP contribution in [-0.2, 0) is 9.63 Å². The van der Waals surface area contributed by atoms with Crippen molar-refractivity contribution in [1.82, 2.24) is 0 Å². The summed E-state index contributed by atoms with van der Waals surface area (Å²) in [6.07, 6.45) is 3.99. The minimum atomic E-state index is -0.223. The summed E-state index contributed by atoms with van der Waals surface area (Å²) in [4.78, 5) is 18.3. The van der Waals surface area contributed by atoms with E-state index in [2.05, 4.69) is 20.8 Å². The summed E-state index contributed by atoms with van der Waals surface area (Å²) in [6.45, 7) is 6.57. The van der Waals surface area contributed by atoms with Gasteiger partial charge in [-0.15, -0.1) is 0 Å². The molecule has 1 aromatic rings. The second-order valence-corrected chi connectivity index (χ2v) is 6.90. The quantitative estimate of drug-likeness (QED) is 0.622. The lowest BCUT2D eigenvalue weighted by Gasteiger charge is -2.31. The number of hydrogen-bond donors (Lipinski definition) is 0. The van der Waals surface area contributed by atoms with Crippen molar-refractivity contribution in [3.05, 3.63) is 42.1 Å². The number of carbonyl (C=O) groups is 1. The van der Waals surface area contributed by atoms with E-state index in [0.29, 0.717) is 11.7 Å². The summed E-state index contributed by atoms with van der Waals surface area (Å²) in [6, 6.07) is 9.86. The van der Waals surface area contributed by atoms with Gasteiger partial charge in [0, 0.05) is 17.2 Å². The third kappa shape index (κ3) is 1.87. The van der Waals surface area contributed by atoms with Gasteiger partial charge in [-0.3, -0.25) is 9.63 Å². The molecular formula is C18H23NO2. The van der Waals surface area contributed by atoms with Crippen molar-refractivity contribution in [2.24, 2.45) is 16.7 Å². The number of carbonyl (C=O) groups excluding carboxylic acids is 1. The topological polar surface area (TPSA) is 29.5 Å². The Morgan fingerprint density at radius 3 is 2.43 bits per heavy atom. The van der Waals surface area contributed by atoms with Crippen molar-refractivity contribution in [2.45, 2.75) is 33.6 Å². The SMILES string of the molecule is CON(C=C1C(=O)[C@]2(C)CC[C@H]1C2(C)C)c1ccccc1. The predicted octanol–water partition coefficient (Wildman–Crippen LogP) is 3.96. The second kappa shape index (κ2) is 4.70. The highest BCUT2D eigenvalue weighted by molar-refractivity contribution is 6.04. The molecule has 0 heterocycles. The van der Waals surface area contributed by atoms with E-state index in [1.165, 1.54) is 0 Å². The van der Waals surface area contributed by atoms with Crippen LogP contribution in [0.25, 0.3) is 0 Å². The smallest absolute Gasteiger partial charge is 0.167 e. The van der Waals surface area contributed by atoms with E-state index in [1.807, 2.05) is 36.5 Å². The molecule has 3 heteroatoms. The maximum atomic E-state index is 12.8. The zero-order valence-electron chi connectivity index (χ0n) is 13.2. The van der Waals surface area contributed by atoms with Crippen molar-refractivity contribution in [3.63, 3.8) is 0 Å². The van der Waals surface area contributed by atoms with Crippen LogP contribution in [0.3, 0.4) is 0 Å². The maximum Gasteiger partial charge on any atom is 0.167 e. The lowest BCUT2D eigenvalue weighted by atomic mass is 9.70. The number of Topliss-reactive ketones (excluding diaryl/α,β-unsaturated/α-hetero) is 1. The van der Waals surface area contributed by atoms with Gasteiger partial charge in [-0.1, -0.05) is 39.0 Å². The Hall–Kier alpha value is -1.61. The zero-order valence-corrected chi connectivity index (χ0v) is 13.2. The van der Waals surface area contributed by atoms with Crippen LogP contribution in [0.2, 0.25) is 0 Å². The third-order valence-corrected chi connectivity index (χ3v) is 5.83. The zero-order chi connectivity index (χ0) is 15.3. The monoisotopic (exact) mass is 285 g/mol. The van der Waals surface area contributed by atoms with Gasteiger partial charge in [0.25, 0.3) is 0 Å². The second-order valence-electron chi connectivity index (χ2n) is 6.90. The van der Waals surface area contributed by atoms with Gasteiger partial charge in [-0.25, -0.2) is 5.06 Å². The van der Waals surface area contributed by atoms with Crippen molar-refractivity contribution in [3.8, 4) is 0 Å². The fourth-order valence-corrected chi connectivity index (χ4v) is 4.01. The van der Waals surface area contributed by atoms with E-state index in [4.69, 9.17) is 4.84 Å². The molecule has 2 atom stereocenters. The molecule has 112 valence electrons. The van der Waals surface area contributed by atoms with Crippen molar-refractivity contribution in [2.75, 3.05) is 12.2 Å². The highest BCUT2D eigenvalue weighted by Crippen LogP contribution is 2.65. The number of hydrogen-bond acceptors (Lipinski definition) is 3. The number of hydroxylamine groups is 1. The van der Waals surface area contributed by atoms with E-state index in [9.17, 15) is 4.79 Å². The molecule has 3 rings (SSSR count). The Labute approximate surface area is 126 Å². The van der Waals surface area contributed by atoms with Crippen LogP contribution >= 0.6 is 0 Å². The molecule has 1 aromatic carbocycles. The molecule has 0 N–H and O–H groups in total. The van der Waals surface area contributed by atoms with Gasteiger partial charge in [0.2, 0.25) is 0 Å². The summed E-state index contributed by atoms with van der Waals surface area (Å²) < 4.78 is 0. The van der Waals surface area contributed by atoms with E-state index in [0.717, 1.165) is 24.1 Å². The Morgan fingerprint density at radius 2 is 1.90 bits per heavy atom. The van der Waals surface area contributed by atoms with E-state index in [-0.39, 0.29) is 10.8 Å². The van der Waals surface area contributed by atoms with E-state index >= 15 is 0 Å². The normalized spacial score (nSPS) is 31.9. The molecule has 2 fully saturated rings. The van der Waals surface area contributed by atoms with Gasteiger partial charge in [-0.2, -0.15) is 0 Å². The number of rotatable bonds is 3. The van der Waals surface area contributed by atoms with Crippen molar-refractivity contribution in [1.29, 1.82) is 0 Å². The molecule has 0 saturated heterocycles. The minimum Gasteiger partial charge on any atom is -0.294 e. The number of anilines is 1. The maximum absolute atomic E-state index is 12.8. The highest BCUT2D eigenvalue weighted by Gasteiger charge is 2.64. The number of allylic oxidation sites excluding steroid dienone is 1. The van der Waals surface area contributed by atoms with Gasteiger partial charge in [0.1, 0.15) is 0 Å². The summed E-state index contributed by atoms with van der Waals surface area (Å²) in [5.41, 5.74) is 1.66. The fraction of sp³-hybridized carbons (Fsp3) is 0.500. The minimum absolute atomic E-state index is 0.0337. The van der Waals surface area contributed by atoms with Gasteiger partial charge < -0.3 is 0 Å². The van der Waals surface area contributed by atoms with Crippen LogP contribution < -0.4 is 5.06 Å². The molecule has 2 bridgehead atoms. The molecule has 2 aliphatic rings. The Balaban J connectivity index is 1.99. The van der Waals surface area contributed by atoms with Gasteiger partial charge in [-0.05, 0) is 36.3 Å². The average Bonchev–Trinajstić information content (AvgIpc) is 2.79. The Morgan fingerprint density at radius 1 is 1.24 bits per heavy atom. The highest BCUT2D eigenvalue weighted by atomic mass is 16.7. The molecule has 0 spiro atoms. The Bertz CT molecular complexity index is 590. The molecule has 0 aromatic heterocycles. The van der Waals surface area contributed by atoms with E-state index in [1.54, 1.807) is 12.2 Å². The van der Waals surface area contributed by atoms with Crippen LogP contribution in [0.4, 0.5) is 5.69 Å². The van der Waals surface area contributed by atoms with Gasteiger partial charge >= 0.3 is 0 Å². The van der Waals surface area contributed by atoms with Crippen molar-refractivity contribution >= 4 is 11.5 Å². The lowest BCUT2D eigenvalue weighted by molar-refractivity contribution is -0.125. The van der Waals surface area contributed by atoms with Crippen LogP contribution in [-0.4, -0.2) is 12.9 Å². The molecular weight excluding hydrogens is 262 g/mol. The molecule has 0 amide bonds. The number of nitrogens with zero attached hydrogens (tertiary/aromatic N) is 1. The number of ketones is 1. The third-order valence-electron chi connectivity index (χ3n) is 5.83. The number of benzene rings is 1. The standard InChI is InChI=1S/C18H23NO2/c1-17(2)15-10-11-18(17,3)16(20)14(15)12-19(21-4)13-8-6-5-7-9-13/h5-9,12,15H,10-11H2,1-4H3/t15-,18+/m1/s1. The first-order valence-corrected chi connectivity index (χ1v) is 7.57. The van der Waals surface area contributed by atoms with Gasteiger partial charge in [0.15, 0.2) is 5.78 Å². The summed E-state index contributed by atoms with van der Waals surface area (Å²) in [5.74, 6) is 0.623. The molecule has 2 aliphatic carbocycles. The van der Waals surface area contributed by atoms with Crippen molar-refractivity contribution < 1.29 is 9.63 Å². The summed E-state index contributed by atoms with van der Waals surface area (Å²) in [7, 11) is 1.63. The predicted molar refractivity (Wildman–Crippen MR) is 83.6 cm³/mol. The molecule has 21 heavy (non-hydrogen) atoms. The fourth-order valence-electron chi connectivity index (χ4n) is 4.01. The molecule has 0 unspecified atom stereocenters. The van der Waals surface area contributed by atoms with Crippen LogP contribution in [0.1, 0.15) is 33.6 Å². The Kier molecular flexibility index (Phi) is 3.21. The van der Waals surface area contributed by atoms with Crippen LogP contribution in [0.15, 0.2) is 42.1 Å². The number of fused-ring (bicyclic) bond motifs is 2.